The van der Waals surface area contributed by atoms with Crippen LogP contribution in [0.2, 0.25) is 5.02 Å². The van der Waals surface area contributed by atoms with Crippen LogP contribution in [0.3, 0.4) is 0 Å². The number of allylic oxidation sites excluding steroid dienone is 2. The normalized spacial score (nSPS) is 17.3. The Balaban J connectivity index is 1.89. The Hall–Kier alpha value is -2.01. The second-order valence-electron chi connectivity index (χ2n) is 4.99. The molecule has 2 amide bonds. The average Bonchev–Trinajstić information content (AvgIpc) is 2.48. The molecule has 21 heavy (non-hydrogen) atoms. The van der Waals surface area contributed by atoms with E-state index in [1.54, 1.807) is 6.07 Å². The summed E-state index contributed by atoms with van der Waals surface area (Å²) in [6.07, 6.45) is 7.38. The number of carbonyl (C=O) groups is 2. The molecule has 0 saturated heterocycles. The number of hydrogen-bond acceptors (Lipinski definition) is 2. The zero-order valence-electron chi connectivity index (χ0n) is 11.4. The minimum atomic E-state index is -1.13. The molecule has 0 aliphatic heterocycles. The summed E-state index contributed by atoms with van der Waals surface area (Å²) in [5, 5.41) is 14.5. The number of carbonyl (C=O) groups excluding carboxylic acids is 1. The highest BCUT2D eigenvalue weighted by molar-refractivity contribution is 6.33. The fourth-order valence-corrected chi connectivity index (χ4v) is 2.42. The lowest BCUT2D eigenvalue weighted by atomic mass is 9.94. The predicted octanol–water partition coefficient (Wildman–Crippen LogP) is 3.52. The largest absolute Gasteiger partial charge is 0.478 e. The Morgan fingerprint density at radius 1 is 1.33 bits per heavy atom. The van der Waals surface area contributed by atoms with Crippen molar-refractivity contribution in [2.75, 3.05) is 11.9 Å². The first-order valence-corrected chi connectivity index (χ1v) is 7.16. The number of hydrogen-bond donors (Lipinski definition) is 3. The maximum absolute atomic E-state index is 11.8. The molecular weight excluding hydrogens is 292 g/mol. The fraction of sp³-hybridized carbons (Fsp3) is 0.333. The van der Waals surface area contributed by atoms with Gasteiger partial charge in [-0.1, -0.05) is 23.8 Å². The van der Waals surface area contributed by atoms with Gasteiger partial charge in [-0.05, 0) is 43.4 Å². The molecule has 0 bridgehead atoms. The van der Waals surface area contributed by atoms with Crippen molar-refractivity contribution in [3.8, 4) is 0 Å². The summed E-state index contributed by atoms with van der Waals surface area (Å²) in [5.74, 6) is -0.668. The average molecular weight is 309 g/mol. The quantitative estimate of drug-likeness (QED) is 0.745. The molecule has 0 spiro atoms. The summed E-state index contributed by atoms with van der Waals surface area (Å²) in [7, 11) is 0. The summed E-state index contributed by atoms with van der Waals surface area (Å²) in [6.45, 7) is 0.607. The molecule has 0 fully saturated rings. The zero-order chi connectivity index (χ0) is 15.2. The standard InChI is InChI=1S/C15H17ClN2O3/c16-13-7-6-11(8-12(13)14(19)20)18-15(21)17-9-10-4-2-1-3-5-10/h1-2,6-8,10H,3-5,9H2,(H,19,20)(H2,17,18,21). The summed E-state index contributed by atoms with van der Waals surface area (Å²) >= 11 is 5.77. The molecule has 112 valence electrons. The summed E-state index contributed by atoms with van der Waals surface area (Å²) in [5.41, 5.74) is 0.365. The SMILES string of the molecule is O=C(NCC1CC=CCC1)Nc1ccc(Cl)c(C(=O)O)c1. The molecule has 2 rings (SSSR count). The van der Waals surface area contributed by atoms with Gasteiger partial charge >= 0.3 is 12.0 Å². The Morgan fingerprint density at radius 3 is 2.81 bits per heavy atom. The lowest BCUT2D eigenvalue weighted by molar-refractivity contribution is 0.0697. The molecule has 6 heteroatoms. The second kappa shape index (κ2) is 7.13. The molecule has 1 unspecified atom stereocenters. The number of benzene rings is 1. The lowest BCUT2D eigenvalue weighted by Gasteiger charge is -2.18. The van der Waals surface area contributed by atoms with E-state index in [0.29, 0.717) is 18.2 Å². The third kappa shape index (κ3) is 4.49. The van der Waals surface area contributed by atoms with Crippen molar-refractivity contribution in [3.63, 3.8) is 0 Å². The molecule has 1 aromatic rings. The van der Waals surface area contributed by atoms with E-state index in [2.05, 4.69) is 22.8 Å². The smallest absolute Gasteiger partial charge is 0.337 e. The second-order valence-corrected chi connectivity index (χ2v) is 5.39. The molecule has 0 radical (unpaired) electrons. The fourth-order valence-electron chi connectivity index (χ4n) is 2.22. The van der Waals surface area contributed by atoms with Gasteiger partial charge in [0.05, 0.1) is 10.6 Å². The van der Waals surface area contributed by atoms with Crippen LogP contribution >= 0.6 is 11.6 Å². The lowest BCUT2D eigenvalue weighted by Crippen LogP contribution is -2.33. The maximum Gasteiger partial charge on any atom is 0.337 e. The Labute approximate surface area is 128 Å². The highest BCUT2D eigenvalue weighted by Gasteiger charge is 2.13. The van der Waals surface area contributed by atoms with Crippen molar-refractivity contribution in [2.24, 2.45) is 5.92 Å². The number of urea groups is 1. The number of anilines is 1. The van der Waals surface area contributed by atoms with E-state index in [9.17, 15) is 9.59 Å². The van der Waals surface area contributed by atoms with Crippen molar-refractivity contribution in [2.45, 2.75) is 19.3 Å². The van der Waals surface area contributed by atoms with E-state index < -0.39 is 5.97 Å². The number of carboxylic acid groups (broad SMARTS) is 1. The van der Waals surface area contributed by atoms with Gasteiger partial charge in [0.2, 0.25) is 0 Å². The third-order valence-electron chi connectivity index (χ3n) is 3.38. The maximum atomic E-state index is 11.8. The first kappa shape index (κ1) is 15.4. The molecular formula is C15H17ClN2O3. The van der Waals surface area contributed by atoms with Crippen LogP contribution < -0.4 is 10.6 Å². The van der Waals surface area contributed by atoms with Gasteiger partial charge in [0.1, 0.15) is 0 Å². The Morgan fingerprint density at radius 2 is 2.14 bits per heavy atom. The predicted molar refractivity (Wildman–Crippen MR) is 81.9 cm³/mol. The van der Waals surface area contributed by atoms with Crippen molar-refractivity contribution in [3.05, 3.63) is 40.9 Å². The molecule has 1 aliphatic rings. The van der Waals surface area contributed by atoms with E-state index in [0.717, 1.165) is 19.3 Å². The number of aromatic carboxylic acids is 1. The summed E-state index contributed by atoms with van der Waals surface area (Å²) in [4.78, 5) is 22.8. The third-order valence-corrected chi connectivity index (χ3v) is 3.71. The molecule has 0 aromatic heterocycles. The van der Waals surface area contributed by atoms with Gasteiger partial charge in [0.25, 0.3) is 0 Å². The topological polar surface area (TPSA) is 78.4 Å². The molecule has 1 aromatic carbocycles. The number of halogens is 1. The van der Waals surface area contributed by atoms with E-state index in [1.165, 1.54) is 12.1 Å². The number of carboxylic acids is 1. The van der Waals surface area contributed by atoms with Crippen LogP contribution in [0.1, 0.15) is 29.6 Å². The molecule has 0 saturated carbocycles. The van der Waals surface area contributed by atoms with Gasteiger partial charge in [-0.15, -0.1) is 0 Å². The van der Waals surface area contributed by atoms with Crippen LogP contribution in [0, 0.1) is 5.92 Å². The molecule has 5 nitrogen and oxygen atoms in total. The van der Waals surface area contributed by atoms with Gasteiger partial charge in [0.15, 0.2) is 0 Å². The number of amides is 2. The van der Waals surface area contributed by atoms with Gasteiger partial charge in [-0.2, -0.15) is 0 Å². The van der Waals surface area contributed by atoms with Gasteiger partial charge in [-0.25, -0.2) is 9.59 Å². The van der Waals surface area contributed by atoms with E-state index in [1.807, 2.05) is 0 Å². The van der Waals surface area contributed by atoms with E-state index >= 15 is 0 Å². The summed E-state index contributed by atoms with van der Waals surface area (Å²) in [6, 6.07) is 4.01. The zero-order valence-corrected chi connectivity index (χ0v) is 12.2. The summed E-state index contributed by atoms with van der Waals surface area (Å²) < 4.78 is 0. The van der Waals surface area contributed by atoms with Crippen LogP contribution in [0.25, 0.3) is 0 Å². The van der Waals surface area contributed by atoms with Gasteiger partial charge in [-0.3, -0.25) is 0 Å². The van der Waals surface area contributed by atoms with E-state index in [-0.39, 0.29) is 16.6 Å². The van der Waals surface area contributed by atoms with Gasteiger partial charge < -0.3 is 15.7 Å². The monoisotopic (exact) mass is 308 g/mol. The van der Waals surface area contributed by atoms with Crippen molar-refractivity contribution in [1.29, 1.82) is 0 Å². The first-order chi connectivity index (χ1) is 10.1. The first-order valence-electron chi connectivity index (χ1n) is 6.79. The van der Waals surface area contributed by atoms with Crippen LogP contribution in [0.4, 0.5) is 10.5 Å². The van der Waals surface area contributed by atoms with Crippen LogP contribution in [0.15, 0.2) is 30.4 Å². The van der Waals surface area contributed by atoms with Crippen LogP contribution in [-0.2, 0) is 0 Å². The molecule has 3 N–H and O–H groups in total. The van der Waals surface area contributed by atoms with Crippen LogP contribution in [-0.4, -0.2) is 23.7 Å². The van der Waals surface area contributed by atoms with Gasteiger partial charge in [0, 0.05) is 12.2 Å². The Kier molecular flexibility index (Phi) is 5.22. The number of nitrogens with one attached hydrogen (secondary N) is 2. The van der Waals surface area contributed by atoms with Crippen molar-refractivity contribution in [1.82, 2.24) is 5.32 Å². The molecule has 1 atom stereocenters. The highest BCUT2D eigenvalue weighted by atomic mass is 35.5. The minimum absolute atomic E-state index is 0.0353. The highest BCUT2D eigenvalue weighted by Crippen LogP contribution is 2.21. The van der Waals surface area contributed by atoms with Crippen molar-refractivity contribution >= 4 is 29.3 Å². The van der Waals surface area contributed by atoms with Crippen LogP contribution in [0.5, 0.6) is 0 Å². The number of rotatable bonds is 4. The van der Waals surface area contributed by atoms with E-state index in [4.69, 9.17) is 16.7 Å². The Bertz CT molecular complexity index is 572. The molecule has 1 aliphatic carbocycles. The molecule has 0 heterocycles. The minimum Gasteiger partial charge on any atom is -0.478 e. The van der Waals surface area contributed by atoms with Crippen molar-refractivity contribution < 1.29 is 14.7 Å².